The van der Waals surface area contributed by atoms with E-state index in [-0.39, 0.29) is 0 Å². The van der Waals surface area contributed by atoms with Crippen LogP contribution in [0.3, 0.4) is 0 Å². The molecule has 2 N–H and O–H groups in total. The van der Waals surface area contributed by atoms with Gasteiger partial charge in [-0.05, 0) is 33.2 Å². The summed E-state index contributed by atoms with van der Waals surface area (Å²) in [5.41, 5.74) is -0.520. The van der Waals surface area contributed by atoms with Crippen LogP contribution in [0.4, 0.5) is 5.13 Å². The number of nitrogens with one attached hydrogen (secondary N) is 1. The normalized spacial score (nSPS) is 26.1. The van der Waals surface area contributed by atoms with Crippen LogP contribution in [0, 0.1) is 0 Å². The Hall–Kier alpha value is -0.650. The lowest BCUT2D eigenvalue weighted by atomic mass is 9.95. The molecule has 2 heterocycles. The zero-order valence-corrected chi connectivity index (χ0v) is 11.4. The minimum atomic E-state index is -0.520. The molecule has 0 spiro atoms. The van der Waals surface area contributed by atoms with Gasteiger partial charge in [-0.2, -0.15) is 0 Å². The number of hydrogen-bond acceptors (Lipinski definition) is 5. The summed E-state index contributed by atoms with van der Waals surface area (Å²) < 4.78 is 0. The number of likely N-dealkylation sites (tertiary alicyclic amines) is 1. The molecule has 2 rings (SSSR count). The molecule has 1 aromatic rings. The van der Waals surface area contributed by atoms with E-state index in [4.69, 9.17) is 0 Å². The quantitative estimate of drug-likeness (QED) is 0.863. The summed E-state index contributed by atoms with van der Waals surface area (Å²) in [6.45, 7) is 7.65. The SMILES string of the molecule is CCNc1ncc(CN2CCCC(C)(O)C2)s1. The van der Waals surface area contributed by atoms with Crippen molar-refractivity contribution in [1.29, 1.82) is 0 Å². The average molecular weight is 255 g/mol. The first-order chi connectivity index (χ1) is 8.09. The Bertz CT molecular complexity index is 364. The zero-order chi connectivity index (χ0) is 12.3. The van der Waals surface area contributed by atoms with Crippen molar-refractivity contribution in [2.24, 2.45) is 0 Å². The number of nitrogens with zero attached hydrogens (tertiary/aromatic N) is 2. The van der Waals surface area contributed by atoms with Crippen LogP contribution in [0.2, 0.25) is 0 Å². The third-order valence-electron chi connectivity index (χ3n) is 3.01. The number of β-amino-alcohol motifs (C(OH)–C–C–N with tert-alkyl or cyclic N) is 1. The fourth-order valence-corrected chi connectivity index (χ4v) is 3.22. The van der Waals surface area contributed by atoms with Gasteiger partial charge in [0.15, 0.2) is 5.13 Å². The van der Waals surface area contributed by atoms with E-state index >= 15 is 0 Å². The molecule has 96 valence electrons. The van der Waals surface area contributed by atoms with Gasteiger partial charge in [0.25, 0.3) is 0 Å². The summed E-state index contributed by atoms with van der Waals surface area (Å²) in [6.07, 6.45) is 3.92. The smallest absolute Gasteiger partial charge is 0.182 e. The van der Waals surface area contributed by atoms with Crippen molar-refractivity contribution in [1.82, 2.24) is 9.88 Å². The fraction of sp³-hybridized carbons (Fsp3) is 0.750. The van der Waals surface area contributed by atoms with E-state index in [1.165, 1.54) is 4.88 Å². The first-order valence-corrected chi connectivity index (χ1v) is 7.04. The Labute approximate surface area is 107 Å². The summed E-state index contributed by atoms with van der Waals surface area (Å²) in [5.74, 6) is 0. The van der Waals surface area contributed by atoms with Crippen LogP contribution >= 0.6 is 11.3 Å². The van der Waals surface area contributed by atoms with Gasteiger partial charge in [0.05, 0.1) is 5.60 Å². The van der Waals surface area contributed by atoms with E-state index in [2.05, 4.69) is 22.1 Å². The molecule has 5 heteroatoms. The number of thiazole rings is 1. The molecule has 0 radical (unpaired) electrons. The Morgan fingerprint density at radius 2 is 2.47 bits per heavy atom. The number of anilines is 1. The molecule has 0 saturated carbocycles. The van der Waals surface area contributed by atoms with Crippen molar-refractivity contribution in [2.45, 2.75) is 38.8 Å². The zero-order valence-electron chi connectivity index (χ0n) is 10.6. The van der Waals surface area contributed by atoms with Gasteiger partial charge in [-0.1, -0.05) is 0 Å². The molecule has 1 aliphatic heterocycles. The minimum Gasteiger partial charge on any atom is -0.389 e. The van der Waals surface area contributed by atoms with Crippen LogP contribution in [0.15, 0.2) is 6.20 Å². The van der Waals surface area contributed by atoms with Gasteiger partial charge in [0.2, 0.25) is 0 Å². The number of piperidine rings is 1. The van der Waals surface area contributed by atoms with Gasteiger partial charge in [0.1, 0.15) is 0 Å². The Balaban J connectivity index is 1.91. The van der Waals surface area contributed by atoms with Crippen molar-refractivity contribution in [3.8, 4) is 0 Å². The van der Waals surface area contributed by atoms with Crippen LogP contribution in [-0.2, 0) is 6.54 Å². The predicted molar refractivity (Wildman–Crippen MR) is 71.4 cm³/mol. The molecular formula is C12H21N3OS. The highest BCUT2D eigenvalue weighted by molar-refractivity contribution is 7.15. The summed E-state index contributed by atoms with van der Waals surface area (Å²) in [6, 6.07) is 0. The third-order valence-corrected chi connectivity index (χ3v) is 3.95. The van der Waals surface area contributed by atoms with Crippen LogP contribution in [0.1, 0.15) is 31.6 Å². The second-order valence-corrected chi connectivity index (χ2v) is 6.09. The highest BCUT2D eigenvalue weighted by atomic mass is 32.1. The maximum absolute atomic E-state index is 10.0. The summed E-state index contributed by atoms with van der Waals surface area (Å²) in [4.78, 5) is 7.90. The molecule has 0 amide bonds. The monoisotopic (exact) mass is 255 g/mol. The fourth-order valence-electron chi connectivity index (χ4n) is 2.29. The van der Waals surface area contributed by atoms with E-state index in [9.17, 15) is 5.11 Å². The van der Waals surface area contributed by atoms with Gasteiger partial charge >= 0.3 is 0 Å². The van der Waals surface area contributed by atoms with Crippen LogP contribution in [-0.4, -0.2) is 40.2 Å². The van der Waals surface area contributed by atoms with Crippen molar-refractivity contribution in [3.05, 3.63) is 11.1 Å². The minimum absolute atomic E-state index is 0.520. The molecular weight excluding hydrogens is 234 g/mol. The molecule has 1 saturated heterocycles. The number of aliphatic hydroxyl groups is 1. The lowest BCUT2D eigenvalue weighted by Gasteiger charge is -2.36. The van der Waals surface area contributed by atoms with Crippen molar-refractivity contribution < 1.29 is 5.11 Å². The highest BCUT2D eigenvalue weighted by Crippen LogP contribution is 2.24. The first-order valence-electron chi connectivity index (χ1n) is 6.22. The first kappa shape index (κ1) is 12.8. The Morgan fingerprint density at radius 1 is 1.65 bits per heavy atom. The molecule has 0 aromatic carbocycles. The summed E-state index contributed by atoms with van der Waals surface area (Å²) in [7, 11) is 0. The average Bonchev–Trinajstić information content (AvgIpc) is 2.64. The lowest BCUT2D eigenvalue weighted by molar-refractivity contribution is -0.0178. The van der Waals surface area contributed by atoms with Gasteiger partial charge in [0, 0.05) is 30.7 Å². The second-order valence-electron chi connectivity index (χ2n) is 4.97. The van der Waals surface area contributed by atoms with Gasteiger partial charge in [-0.15, -0.1) is 11.3 Å². The van der Waals surface area contributed by atoms with Crippen molar-refractivity contribution >= 4 is 16.5 Å². The van der Waals surface area contributed by atoms with Gasteiger partial charge in [-0.3, -0.25) is 4.90 Å². The van der Waals surface area contributed by atoms with E-state index in [0.717, 1.165) is 44.2 Å². The molecule has 0 bridgehead atoms. The Morgan fingerprint density at radius 3 is 3.18 bits per heavy atom. The Kier molecular flexibility index (Phi) is 4.01. The van der Waals surface area contributed by atoms with E-state index in [1.807, 2.05) is 13.1 Å². The predicted octanol–water partition coefficient (Wildman–Crippen LogP) is 1.92. The van der Waals surface area contributed by atoms with Crippen molar-refractivity contribution in [2.75, 3.05) is 25.0 Å². The maximum Gasteiger partial charge on any atom is 0.182 e. The van der Waals surface area contributed by atoms with E-state index in [1.54, 1.807) is 11.3 Å². The topological polar surface area (TPSA) is 48.4 Å². The molecule has 4 nitrogen and oxygen atoms in total. The van der Waals surface area contributed by atoms with E-state index in [0.29, 0.717) is 0 Å². The number of rotatable bonds is 4. The molecule has 1 fully saturated rings. The van der Waals surface area contributed by atoms with Crippen molar-refractivity contribution in [3.63, 3.8) is 0 Å². The van der Waals surface area contributed by atoms with Crippen LogP contribution < -0.4 is 5.32 Å². The molecule has 1 aliphatic rings. The molecule has 17 heavy (non-hydrogen) atoms. The summed E-state index contributed by atoms with van der Waals surface area (Å²) >= 11 is 1.71. The van der Waals surface area contributed by atoms with Gasteiger partial charge in [-0.25, -0.2) is 4.98 Å². The second kappa shape index (κ2) is 5.33. The van der Waals surface area contributed by atoms with Gasteiger partial charge < -0.3 is 10.4 Å². The lowest BCUT2D eigenvalue weighted by Crippen LogP contribution is -2.45. The molecule has 1 unspecified atom stereocenters. The third kappa shape index (κ3) is 3.66. The number of hydrogen-bond donors (Lipinski definition) is 2. The molecule has 1 atom stereocenters. The van der Waals surface area contributed by atoms with Crippen LogP contribution in [0.5, 0.6) is 0 Å². The highest BCUT2D eigenvalue weighted by Gasteiger charge is 2.28. The van der Waals surface area contributed by atoms with Crippen LogP contribution in [0.25, 0.3) is 0 Å². The molecule has 0 aliphatic carbocycles. The standard InChI is InChI=1S/C12H21N3OS/c1-3-13-11-14-7-10(17-11)8-15-6-4-5-12(2,16)9-15/h7,16H,3-6,8-9H2,1-2H3,(H,13,14). The maximum atomic E-state index is 10.0. The largest absolute Gasteiger partial charge is 0.389 e. The summed E-state index contributed by atoms with van der Waals surface area (Å²) in [5, 5.41) is 14.3. The van der Waals surface area contributed by atoms with E-state index < -0.39 is 5.60 Å². The number of aromatic nitrogens is 1. The molecule has 1 aromatic heterocycles.